The average molecular weight is 168 g/mol. The molecule has 0 fully saturated rings. The van der Waals surface area contributed by atoms with E-state index < -0.39 is 5.97 Å². The van der Waals surface area contributed by atoms with E-state index in [9.17, 15) is 4.79 Å². The molecule has 2 nitrogen and oxygen atoms in total. The zero-order valence-electron chi connectivity index (χ0n) is 7.92. The number of rotatable bonds is 4. The Labute approximate surface area is 73.6 Å². The van der Waals surface area contributed by atoms with Gasteiger partial charge in [0, 0.05) is 0 Å². The van der Waals surface area contributed by atoms with Crippen molar-refractivity contribution in [3.8, 4) is 0 Å². The van der Waals surface area contributed by atoms with E-state index in [-0.39, 0.29) is 6.42 Å². The maximum absolute atomic E-state index is 10.3. The zero-order chi connectivity index (χ0) is 9.56. The van der Waals surface area contributed by atoms with Crippen molar-refractivity contribution in [3.63, 3.8) is 0 Å². The molecule has 0 aliphatic rings. The van der Waals surface area contributed by atoms with Crippen LogP contribution in [0.4, 0.5) is 0 Å². The molecule has 12 heavy (non-hydrogen) atoms. The van der Waals surface area contributed by atoms with Crippen molar-refractivity contribution >= 4 is 5.97 Å². The minimum Gasteiger partial charge on any atom is -0.481 e. The third-order valence-electron chi connectivity index (χ3n) is 1.42. The van der Waals surface area contributed by atoms with E-state index in [1.165, 1.54) is 5.57 Å². The molecule has 0 rings (SSSR count). The van der Waals surface area contributed by atoms with Gasteiger partial charge in [0.2, 0.25) is 0 Å². The van der Waals surface area contributed by atoms with Gasteiger partial charge in [0.15, 0.2) is 0 Å². The number of carbonyl (C=O) groups is 1. The number of aliphatic carboxylic acids is 1. The van der Waals surface area contributed by atoms with Gasteiger partial charge in [-0.15, -0.1) is 0 Å². The molecule has 0 atom stereocenters. The second-order valence-electron chi connectivity index (χ2n) is 3.14. The molecule has 0 aliphatic heterocycles. The molecule has 0 spiro atoms. The number of carboxylic acids is 1. The second-order valence-corrected chi connectivity index (χ2v) is 3.14. The Hall–Kier alpha value is -1.05. The standard InChI is InChI=1S/C10H16O2/c1-8(2)5-4-6-9(3)7-10(11)12/h5-6H,4,7H2,1-3H3,(H,11,12)/b9-6+. The molecule has 2 heteroatoms. The van der Waals surface area contributed by atoms with Crippen molar-refractivity contribution < 1.29 is 9.90 Å². The van der Waals surface area contributed by atoms with Crippen LogP contribution in [-0.2, 0) is 4.79 Å². The fourth-order valence-electron chi connectivity index (χ4n) is 0.807. The van der Waals surface area contributed by atoms with Gasteiger partial charge in [-0.2, -0.15) is 0 Å². The fraction of sp³-hybridized carbons (Fsp3) is 0.500. The summed E-state index contributed by atoms with van der Waals surface area (Å²) in [6.07, 6.45) is 5.00. The predicted octanol–water partition coefficient (Wildman–Crippen LogP) is 2.76. The van der Waals surface area contributed by atoms with Gasteiger partial charge in [-0.1, -0.05) is 23.3 Å². The van der Waals surface area contributed by atoms with Crippen LogP contribution in [0.3, 0.4) is 0 Å². The summed E-state index contributed by atoms with van der Waals surface area (Å²) in [5.41, 5.74) is 2.18. The monoisotopic (exact) mass is 168 g/mol. The fourth-order valence-corrected chi connectivity index (χ4v) is 0.807. The molecule has 0 amide bonds. The molecule has 0 aromatic heterocycles. The molecule has 0 saturated heterocycles. The maximum atomic E-state index is 10.3. The summed E-state index contributed by atoms with van der Waals surface area (Å²) in [4.78, 5) is 10.3. The molecular weight excluding hydrogens is 152 g/mol. The summed E-state index contributed by atoms with van der Waals surface area (Å²) in [6.45, 7) is 5.90. The van der Waals surface area contributed by atoms with Crippen molar-refractivity contribution in [2.45, 2.75) is 33.6 Å². The van der Waals surface area contributed by atoms with E-state index in [4.69, 9.17) is 5.11 Å². The molecule has 0 aromatic carbocycles. The Morgan fingerprint density at radius 2 is 1.83 bits per heavy atom. The summed E-state index contributed by atoms with van der Waals surface area (Å²) in [5, 5.41) is 8.44. The number of hydrogen-bond donors (Lipinski definition) is 1. The van der Waals surface area contributed by atoms with Gasteiger partial charge < -0.3 is 5.11 Å². The van der Waals surface area contributed by atoms with E-state index in [0.717, 1.165) is 12.0 Å². The lowest BCUT2D eigenvalue weighted by molar-refractivity contribution is -0.136. The van der Waals surface area contributed by atoms with Crippen molar-refractivity contribution in [2.75, 3.05) is 0 Å². The highest BCUT2D eigenvalue weighted by molar-refractivity contribution is 5.69. The van der Waals surface area contributed by atoms with E-state index in [2.05, 4.69) is 6.08 Å². The molecule has 68 valence electrons. The lowest BCUT2D eigenvalue weighted by Crippen LogP contribution is -1.94. The number of hydrogen-bond acceptors (Lipinski definition) is 1. The molecule has 0 unspecified atom stereocenters. The minimum absolute atomic E-state index is 0.149. The first kappa shape index (κ1) is 11.0. The Bertz CT molecular complexity index is 208. The molecule has 0 aliphatic carbocycles. The van der Waals surface area contributed by atoms with E-state index in [0.29, 0.717) is 0 Å². The third-order valence-corrected chi connectivity index (χ3v) is 1.42. The van der Waals surface area contributed by atoms with Crippen LogP contribution in [-0.4, -0.2) is 11.1 Å². The lowest BCUT2D eigenvalue weighted by Gasteiger charge is -1.94. The molecule has 0 bridgehead atoms. The van der Waals surface area contributed by atoms with Crippen LogP contribution in [0.1, 0.15) is 33.6 Å². The molecular formula is C10H16O2. The van der Waals surface area contributed by atoms with Crippen LogP contribution in [0.5, 0.6) is 0 Å². The first-order chi connectivity index (χ1) is 5.52. The van der Waals surface area contributed by atoms with E-state index in [1.807, 2.05) is 26.8 Å². The number of carboxylic acid groups (broad SMARTS) is 1. The summed E-state index contributed by atoms with van der Waals surface area (Å²) in [5.74, 6) is -0.763. The van der Waals surface area contributed by atoms with Crippen LogP contribution in [0.15, 0.2) is 23.3 Å². The summed E-state index contributed by atoms with van der Waals surface area (Å²) >= 11 is 0. The Balaban J connectivity index is 3.85. The molecule has 0 heterocycles. The van der Waals surface area contributed by atoms with E-state index >= 15 is 0 Å². The smallest absolute Gasteiger partial charge is 0.307 e. The molecule has 1 N–H and O–H groups in total. The Kier molecular flexibility index (Phi) is 5.09. The van der Waals surface area contributed by atoms with Crippen LogP contribution in [0.2, 0.25) is 0 Å². The topological polar surface area (TPSA) is 37.3 Å². The van der Waals surface area contributed by atoms with Crippen molar-refractivity contribution in [1.82, 2.24) is 0 Å². The van der Waals surface area contributed by atoms with Gasteiger partial charge in [0.25, 0.3) is 0 Å². The van der Waals surface area contributed by atoms with Crippen LogP contribution in [0, 0.1) is 0 Å². The van der Waals surface area contributed by atoms with Gasteiger partial charge in [0.05, 0.1) is 6.42 Å². The highest BCUT2D eigenvalue weighted by Crippen LogP contribution is 2.03. The largest absolute Gasteiger partial charge is 0.481 e. The van der Waals surface area contributed by atoms with E-state index in [1.54, 1.807) is 0 Å². The van der Waals surface area contributed by atoms with Crippen molar-refractivity contribution in [2.24, 2.45) is 0 Å². The highest BCUT2D eigenvalue weighted by Gasteiger charge is 1.96. The van der Waals surface area contributed by atoms with Gasteiger partial charge in [0.1, 0.15) is 0 Å². The van der Waals surface area contributed by atoms with Crippen LogP contribution < -0.4 is 0 Å². The maximum Gasteiger partial charge on any atom is 0.307 e. The average Bonchev–Trinajstić information content (AvgIpc) is 1.84. The quantitative estimate of drug-likeness (QED) is 0.655. The number of allylic oxidation sites excluding steroid dienone is 3. The van der Waals surface area contributed by atoms with Crippen LogP contribution in [0.25, 0.3) is 0 Å². The predicted molar refractivity (Wildman–Crippen MR) is 50.1 cm³/mol. The Morgan fingerprint density at radius 3 is 2.25 bits per heavy atom. The lowest BCUT2D eigenvalue weighted by atomic mass is 10.1. The van der Waals surface area contributed by atoms with Crippen molar-refractivity contribution in [3.05, 3.63) is 23.3 Å². The SMILES string of the molecule is CC(C)=CC/C=C(\C)CC(=O)O. The van der Waals surface area contributed by atoms with Crippen LogP contribution >= 0.6 is 0 Å². The second kappa shape index (κ2) is 5.58. The van der Waals surface area contributed by atoms with Crippen molar-refractivity contribution in [1.29, 1.82) is 0 Å². The molecule has 0 saturated carbocycles. The zero-order valence-corrected chi connectivity index (χ0v) is 7.92. The minimum atomic E-state index is -0.763. The Morgan fingerprint density at radius 1 is 1.25 bits per heavy atom. The summed E-state index contributed by atoms with van der Waals surface area (Å²) in [7, 11) is 0. The first-order valence-corrected chi connectivity index (χ1v) is 4.03. The van der Waals surface area contributed by atoms with Gasteiger partial charge >= 0.3 is 5.97 Å². The normalized spacial score (nSPS) is 11.1. The molecule has 0 aromatic rings. The highest BCUT2D eigenvalue weighted by atomic mass is 16.4. The van der Waals surface area contributed by atoms with Gasteiger partial charge in [-0.3, -0.25) is 4.79 Å². The summed E-state index contributed by atoms with van der Waals surface area (Å²) < 4.78 is 0. The molecule has 0 radical (unpaired) electrons. The summed E-state index contributed by atoms with van der Waals surface area (Å²) in [6, 6.07) is 0. The van der Waals surface area contributed by atoms with Gasteiger partial charge in [-0.05, 0) is 27.2 Å². The van der Waals surface area contributed by atoms with Gasteiger partial charge in [-0.25, -0.2) is 0 Å². The third kappa shape index (κ3) is 7.06. The first-order valence-electron chi connectivity index (χ1n) is 4.03.